The Kier molecular flexibility index (Phi) is 5.30. The molecule has 0 aliphatic rings. The number of carbonyl (C=O) groups is 1. The third kappa shape index (κ3) is 4.30. The Balaban J connectivity index is 1.88. The SMILES string of the molecule is O=C(O)CCCCCc1[se]nnc1-c1ccccc1. The molecule has 1 aromatic carbocycles. The Bertz CT molecular complexity index is 525. The number of rotatable bonds is 7. The van der Waals surface area contributed by atoms with Crippen LogP contribution in [0.5, 0.6) is 0 Å². The summed E-state index contributed by atoms with van der Waals surface area (Å²) in [6.07, 6.45) is 3.98. The fraction of sp³-hybridized carbons (Fsp3) is 0.357. The topological polar surface area (TPSA) is 63.1 Å². The fourth-order valence-corrected chi connectivity index (χ4v) is 3.40. The molecule has 2 aromatic rings. The van der Waals surface area contributed by atoms with Crippen molar-refractivity contribution >= 4 is 20.7 Å². The van der Waals surface area contributed by atoms with Gasteiger partial charge in [0.1, 0.15) is 0 Å². The second-order valence-corrected chi connectivity index (χ2v) is 6.12. The van der Waals surface area contributed by atoms with Gasteiger partial charge < -0.3 is 0 Å². The molecule has 0 atom stereocenters. The third-order valence-electron chi connectivity index (χ3n) is 2.90. The van der Waals surface area contributed by atoms with Crippen molar-refractivity contribution in [1.82, 2.24) is 9.19 Å². The van der Waals surface area contributed by atoms with Gasteiger partial charge >= 0.3 is 118 Å². The van der Waals surface area contributed by atoms with E-state index in [-0.39, 0.29) is 21.2 Å². The van der Waals surface area contributed by atoms with E-state index in [2.05, 4.69) is 21.3 Å². The van der Waals surface area contributed by atoms with E-state index in [1.807, 2.05) is 18.2 Å². The first-order valence-electron chi connectivity index (χ1n) is 6.36. The van der Waals surface area contributed by atoms with Gasteiger partial charge in [-0.1, -0.05) is 0 Å². The van der Waals surface area contributed by atoms with Crippen LogP contribution in [-0.4, -0.2) is 35.0 Å². The normalized spacial score (nSPS) is 10.5. The van der Waals surface area contributed by atoms with Crippen LogP contribution in [0, 0.1) is 0 Å². The molecular formula is C14H16N2O2Se. The number of aliphatic carboxylic acids is 1. The third-order valence-corrected chi connectivity index (χ3v) is 4.54. The van der Waals surface area contributed by atoms with Crippen LogP contribution in [0.1, 0.15) is 30.1 Å². The van der Waals surface area contributed by atoms with E-state index in [1.165, 1.54) is 4.44 Å². The second kappa shape index (κ2) is 7.22. The zero-order valence-electron chi connectivity index (χ0n) is 10.6. The second-order valence-electron chi connectivity index (χ2n) is 4.37. The molecule has 0 bridgehead atoms. The van der Waals surface area contributed by atoms with E-state index in [4.69, 9.17) is 5.11 Å². The van der Waals surface area contributed by atoms with Gasteiger partial charge in [0.15, 0.2) is 0 Å². The predicted molar refractivity (Wildman–Crippen MR) is 74.2 cm³/mol. The molecule has 0 amide bonds. The maximum atomic E-state index is 10.4. The van der Waals surface area contributed by atoms with E-state index in [9.17, 15) is 4.79 Å². The number of carboxylic acid groups (broad SMARTS) is 1. The quantitative estimate of drug-likeness (QED) is 0.628. The van der Waals surface area contributed by atoms with E-state index in [1.54, 1.807) is 0 Å². The Morgan fingerprint density at radius 1 is 1.16 bits per heavy atom. The number of unbranched alkanes of at least 4 members (excludes halogenated alkanes) is 2. The van der Waals surface area contributed by atoms with Gasteiger partial charge in [-0.15, -0.1) is 0 Å². The number of nitrogens with zero attached hydrogens (tertiary/aromatic N) is 2. The first-order valence-corrected chi connectivity index (χ1v) is 7.98. The zero-order valence-corrected chi connectivity index (χ0v) is 12.3. The van der Waals surface area contributed by atoms with Crippen LogP contribution < -0.4 is 0 Å². The Labute approximate surface area is 118 Å². The molecule has 5 heteroatoms. The Morgan fingerprint density at radius 2 is 1.95 bits per heavy atom. The van der Waals surface area contributed by atoms with Gasteiger partial charge in [-0.2, -0.15) is 0 Å². The average Bonchev–Trinajstić information content (AvgIpc) is 2.87. The Morgan fingerprint density at radius 3 is 2.68 bits per heavy atom. The Hall–Kier alpha value is -1.45. The summed E-state index contributed by atoms with van der Waals surface area (Å²) in [6.45, 7) is 0. The van der Waals surface area contributed by atoms with Gasteiger partial charge in [-0.3, -0.25) is 0 Å². The van der Waals surface area contributed by atoms with Gasteiger partial charge in [0.25, 0.3) is 0 Å². The molecule has 0 radical (unpaired) electrons. The molecule has 0 saturated heterocycles. The molecule has 0 spiro atoms. The van der Waals surface area contributed by atoms with Crippen molar-refractivity contribution in [3.63, 3.8) is 0 Å². The monoisotopic (exact) mass is 324 g/mol. The van der Waals surface area contributed by atoms with Crippen molar-refractivity contribution in [2.45, 2.75) is 32.1 Å². The van der Waals surface area contributed by atoms with Crippen LogP contribution >= 0.6 is 0 Å². The molecule has 0 saturated carbocycles. The molecule has 0 aliphatic heterocycles. The van der Waals surface area contributed by atoms with Gasteiger partial charge in [-0.25, -0.2) is 0 Å². The molecule has 0 fully saturated rings. The first kappa shape index (κ1) is 14.0. The molecule has 0 unspecified atom stereocenters. The van der Waals surface area contributed by atoms with Crippen LogP contribution in [-0.2, 0) is 11.2 Å². The van der Waals surface area contributed by atoms with Gasteiger partial charge in [0.05, 0.1) is 0 Å². The standard InChI is InChI=1S/C14H16N2O2Se/c17-13(18)10-6-2-5-9-12-14(15-16-19-12)11-7-3-1-4-8-11/h1,3-4,7-8H,2,5-6,9-10H2,(H,17,18). The van der Waals surface area contributed by atoms with Crippen LogP contribution in [0.15, 0.2) is 30.3 Å². The van der Waals surface area contributed by atoms with Crippen molar-refractivity contribution in [3.8, 4) is 11.3 Å². The van der Waals surface area contributed by atoms with Gasteiger partial charge in [-0.05, 0) is 0 Å². The van der Waals surface area contributed by atoms with E-state index in [0.717, 1.165) is 36.9 Å². The molecule has 1 N–H and O–H groups in total. The van der Waals surface area contributed by atoms with E-state index >= 15 is 0 Å². The molecule has 1 heterocycles. The first-order chi connectivity index (χ1) is 9.27. The molecule has 1 aromatic heterocycles. The molecule has 4 nitrogen and oxygen atoms in total. The minimum absolute atomic E-state index is 0.123. The van der Waals surface area contributed by atoms with Crippen LogP contribution in [0.25, 0.3) is 11.3 Å². The van der Waals surface area contributed by atoms with Crippen LogP contribution in [0.2, 0.25) is 0 Å². The number of benzene rings is 1. The summed E-state index contributed by atoms with van der Waals surface area (Å²) in [6, 6.07) is 10.1. The number of aromatic nitrogens is 2. The average molecular weight is 323 g/mol. The van der Waals surface area contributed by atoms with E-state index in [0.29, 0.717) is 0 Å². The van der Waals surface area contributed by atoms with Crippen molar-refractivity contribution in [2.24, 2.45) is 0 Å². The summed E-state index contributed by atoms with van der Waals surface area (Å²) in [5.41, 5.74) is 2.16. The minimum atomic E-state index is -0.709. The number of carboxylic acids is 1. The molecule has 2 rings (SSSR count). The van der Waals surface area contributed by atoms with Crippen LogP contribution in [0.3, 0.4) is 0 Å². The zero-order chi connectivity index (χ0) is 13.5. The van der Waals surface area contributed by atoms with Gasteiger partial charge in [0.2, 0.25) is 0 Å². The van der Waals surface area contributed by atoms with Crippen molar-refractivity contribution < 1.29 is 9.90 Å². The van der Waals surface area contributed by atoms with Crippen LogP contribution in [0.4, 0.5) is 0 Å². The number of hydrogen-bond acceptors (Lipinski definition) is 3. The van der Waals surface area contributed by atoms with Gasteiger partial charge in [0, 0.05) is 0 Å². The maximum absolute atomic E-state index is 10.4. The van der Waals surface area contributed by atoms with Crippen molar-refractivity contribution in [1.29, 1.82) is 0 Å². The number of hydrogen-bond donors (Lipinski definition) is 1. The summed E-state index contributed by atoms with van der Waals surface area (Å²) >= 11 is 0.123. The molecule has 100 valence electrons. The van der Waals surface area contributed by atoms with Crippen molar-refractivity contribution in [2.75, 3.05) is 0 Å². The number of aryl methyl sites for hydroxylation is 1. The van der Waals surface area contributed by atoms with E-state index < -0.39 is 5.97 Å². The fourth-order valence-electron chi connectivity index (χ4n) is 1.93. The molecule has 19 heavy (non-hydrogen) atoms. The summed E-state index contributed by atoms with van der Waals surface area (Å²) < 4.78 is 5.50. The summed E-state index contributed by atoms with van der Waals surface area (Å²) in [7, 11) is 0. The summed E-state index contributed by atoms with van der Waals surface area (Å²) in [5.74, 6) is -0.709. The summed E-state index contributed by atoms with van der Waals surface area (Å²) in [4.78, 5) is 10.4. The molecule has 0 aliphatic carbocycles. The molecular weight excluding hydrogens is 307 g/mol. The predicted octanol–water partition coefficient (Wildman–Crippen LogP) is 2.39. The van der Waals surface area contributed by atoms with Crippen molar-refractivity contribution in [3.05, 3.63) is 34.8 Å². The summed E-state index contributed by atoms with van der Waals surface area (Å²) in [5, 5.41) is 12.8.